The van der Waals surface area contributed by atoms with Gasteiger partial charge in [0.2, 0.25) is 17.8 Å². The van der Waals surface area contributed by atoms with Gasteiger partial charge in [-0.15, -0.1) is 0 Å². The first-order valence-corrected chi connectivity index (χ1v) is 7.37. The third-order valence-corrected chi connectivity index (χ3v) is 3.50. The van der Waals surface area contributed by atoms with Gasteiger partial charge in [-0.25, -0.2) is 4.68 Å². The lowest BCUT2D eigenvalue weighted by Crippen LogP contribution is -2.36. The van der Waals surface area contributed by atoms with E-state index in [9.17, 15) is 9.59 Å². The molecule has 120 valence electrons. The summed E-state index contributed by atoms with van der Waals surface area (Å²) in [5.41, 5.74) is 0.663. The predicted molar refractivity (Wildman–Crippen MR) is 83.0 cm³/mol. The average molecular weight is 315 g/mol. The van der Waals surface area contributed by atoms with Crippen molar-refractivity contribution in [2.45, 2.75) is 19.9 Å². The topological polar surface area (TPSA) is 98.1 Å². The summed E-state index contributed by atoms with van der Waals surface area (Å²) < 4.78 is 6.93. The van der Waals surface area contributed by atoms with Gasteiger partial charge in [0.25, 0.3) is 0 Å². The number of hydrogen-bond donors (Lipinski definition) is 2. The molecule has 23 heavy (non-hydrogen) atoms. The van der Waals surface area contributed by atoms with Crippen molar-refractivity contribution < 1.29 is 14.3 Å². The zero-order valence-electron chi connectivity index (χ0n) is 12.7. The number of amides is 2. The molecule has 1 aliphatic heterocycles. The highest BCUT2D eigenvalue weighted by Crippen LogP contribution is 2.20. The first kappa shape index (κ1) is 15.0. The largest absolute Gasteiger partial charge is 0.494 e. The number of nitrogens with one attached hydrogen (secondary N) is 2. The van der Waals surface area contributed by atoms with Crippen LogP contribution in [0.1, 0.15) is 13.3 Å². The van der Waals surface area contributed by atoms with Crippen LogP contribution in [-0.2, 0) is 16.1 Å². The fourth-order valence-electron chi connectivity index (χ4n) is 2.39. The van der Waals surface area contributed by atoms with Crippen LogP contribution in [0.4, 0.5) is 11.6 Å². The zero-order chi connectivity index (χ0) is 16.2. The molecule has 2 heterocycles. The van der Waals surface area contributed by atoms with Crippen LogP contribution in [0.15, 0.2) is 30.6 Å². The molecule has 3 rings (SSSR count). The lowest BCUT2D eigenvalue weighted by atomic mass is 10.0. The SMILES string of the molecule is CCOc1ccc(NC(=O)C[C@@H]2Cn3ncnc3NC2=O)cc1. The summed E-state index contributed by atoms with van der Waals surface area (Å²) in [6.07, 6.45) is 1.45. The summed E-state index contributed by atoms with van der Waals surface area (Å²) in [5.74, 6) is 0.256. The van der Waals surface area contributed by atoms with Gasteiger partial charge in [-0.3, -0.25) is 14.9 Å². The number of carbonyl (C=O) groups excluding carboxylic acids is 2. The van der Waals surface area contributed by atoms with Crippen LogP contribution in [0.25, 0.3) is 0 Å². The van der Waals surface area contributed by atoms with Gasteiger partial charge in [0.1, 0.15) is 12.1 Å². The van der Waals surface area contributed by atoms with E-state index in [1.807, 2.05) is 6.92 Å². The number of hydrogen-bond acceptors (Lipinski definition) is 5. The molecular formula is C15H17N5O3. The van der Waals surface area contributed by atoms with E-state index in [2.05, 4.69) is 20.7 Å². The van der Waals surface area contributed by atoms with Gasteiger partial charge in [0.05, 0.1) is 19.1 Å². The van der Waals surface area contributed by atoms with E-state index in [1.165, 1.54) is 6.33 Å². The third kappa shape index (κ3) is 3.47. The maximum atomic E-state index is 12.1. The van der Waals surface area contributed by atoms with E-state index in [0.29, 0.717) is 24.8 Å². The van der Waals surface area contributed by atoms with Gasteiger partial charge < -0.3 is 10.1 Å². The molecule has 2 N–H and O–H groups in total. The summed E-state index contributed by atoms with van der Waals surface area (Å²) in [7, 11) is 0. The average Bonchev–Trinajstić information content (AvgIpc) is 2.97. The summed E-state index contributed by atoms with van der Waals surface area (Å²) >= 11 is 0. The van der Waals surface area contributed by atoms with Crippen molar-refractivity contribution in [3.63, 3.8) is 0 Å². The molecular weight excluding hydrogens is 298 g/mol. The van der Waals surface area contributed by atoms with E-state index >= 15 is 0 Å². The monoisotopic (exact) mass is 315 g/mol. The van der Waals surface area contributed by atoms with Gasteiger partial charge >= 0.3 is 0 Å². The van der Waals surface area contributed by atoms with Gasteiger partial charge in [-0.1, -0.05) is 0 Å². The van der Waals surface area contributed by atoms with Crippen LogP contribution >= 0.6 is 0 Å². The fourth-order valence-corrected chi connectivity index (χ4v) is 2.39. The Labute approximate surface area is 132 Å². The van der Waals surface area contributed by atoms with E-state index in [1.54, 1.807) is 28.9 Å². The molecule has 1 aliphatic rings. The standard InChI is InChI=1S/C15H17N5O3/c1-2-23-12-5-3-11(4-6-12)18-13(21)7-10-8-20-15(16-9-17-20)19-14(10)22/h3-6,9-10H,2,7-8H2,1H3,(H,18,21)(H,16,17,19,22)/t10-/m1/s1. The lowest BCUT2D eigenvalue weighted by Gasteiger charge is -2.21. The molecule has 1 aromatic heterocycles. The first-order chi connectivity index (χ1) is 11.2. The Morgan fingerprint density at radius 3 is 2.96 bits per heavy atom. The molecule has 8 heteroatoms. The molecule has 0 aliphatic carbocycles. The maximum Gasteiger partial charge on any atom is 0.232 e. The van der Waals surface area contributed by atoms with Crippen LogP contribution in [0.5, 0.6) is 5.75 Å². The number of anilines is 2. The maximum absolute atomic E-state index is 12.1. The molecule has 2 amide bonds. The van der Waals surface area contributed by atoms with Crippen LogP contribution in [-0.4, -0.2) is 33.2 Å². The molecule has 2 aromatic rings. The minimum absolute atomic E-state index is 0.0817. The van der Waals surface area contributed by atoms with Gasteiger partial charge in [0, 0.05) is 12.1 Å². The predicted octanol–water partition coefficient (Wildman–Crippen LogP) is 1.27. The Morgan fingerprint density at radius 1 is 1.43 bits per heavy atom. The Morgan fingerprint density at radius 2 is 2.22 bits per heavy atom. The molecule has 0 saturated heterocycles. The van der Waals surface area contributed by atoms with Crippen molar-refractivity contribution in [2.24, 2.45) is 5.92 Å². The number of aromatic nitrogens is 3. The number of fused-ring (bicyclic) bond motifs is 1. The second kappa shape index (κ2) is 6.47. The Hall–Kier alpha value is -2.90. The molecule has 8 nitrogen and oxygen atoms in total. The van der Waals surface area contributed by atoms with Crippen LogP contribution in [0.2, 0.25) is 0 Å². The highest BCUT2D eigenvalue weighted by Gasteiger charge is 2.29. The molecule has 0 fully saturated rings. The highest BCUT2D eigenvalue weighted by molar-refractivity contribution is 5.98. The number of ether oxygens (including phenoxy) is 1. The normalized spacial score (nSPS) is 16.4. The van der Waals surface area contributed by atoms with Crippen LogP contribution in [0.3, 0.4) is 0 Å². The van der Waals surface area contributed by atoms with E-state index < -0.39 is 5.92 Å². The summed E-state index contributed by atoms with van der Waals surface area (Å²) in [6.45, 7) is 2.84. The Bertz CT molecular complexity index is 710. The van der Waals surface area contributed by atoms with Gasteiger partial charge in [-0.2, -0.15) is 10.1 Å². The Kier molecular flexibility index (Phi) is 4.22. The van der Waals surface area contributed by atoms with Crippen LogP contribution in [0, 0.1) is 5.92 Å². The van der Waals surface area contributed by atoms with Crippen molar-refractivity contribution >= 4 is 23.5 Å². The molecule has 0 spiro atoms. The molecule has 0 radical (unpaired) electrons. The summed E-state index contributed by atoms with van der Waals surface area (Å²) in [6, 6.07) is 7.10. The number of benzene rings is 1. The van der Waals surface area contributed by atoms with Crippen molar-refractivity contribution in [2.75, 3.05) is 17.2 Å². The van der Waals surface area contributed by atoms with Gasteiger partial charge in [-0.05, 0) is 31.2 Å². The number of carbonyl (C=O) groups is 2. The molecule has 0 bridgehead atoms. The highest BCUT2D eigenvalue weighted by atomic mass is 16.5. The molecule has 1 aromatic carbocycles. The molecule has 1 atom stereocenters. The number of rotatable bonds is 5. The van der Waals surface area contributed by atoms with Crippen molar-refractivity contribution in [3.8, 4) is 5.75 Å². The summed E-state index contributed by atoms with van der Waals surface area (Å²) in [5, 5.41) is 9.42. The minimum Gasteiger partial charge on any atom is -0.494 e. The van der Waals surface area contributed by atoms with Crippen molar-refractivity contribution in [3.05, 3.63) is 30.6 Å². The van der Waals surface area contributed by atoms with Gasteiger partial charge in [0.15, 0.2) is 0 Å². The van der Waals surface area contributed by atoms with Crippen molar-refractivity contribution in [1.82, 2.24) is 14.8 Å². The number of nitrogens with zero attached hydrogens (tertiary/aromatic N) is 3. The Balaban J connectivity index is 1.58. The summed E-state index contributed by atoms with van der Waals surface area (Å²) in [4.78, 5) is 28.0. The lowest BCUT2D eigenvalue weighted by molar-refractivity contribution is -0.125. The smallest absolute Gasteiger partial charge is 0.232 e. The first-order valence-electron chi connectivity index (χ1n) is 7.37. The van der Waals surface area contributed by atoms with Crippen molar-refractivity contribution in [1.29, 1.82) is 0 Å². The molecule has 0 saturated carbocycles. The quantitative estimate of drug-likeness (QED) is 0.866. The van der Waals surface area contributed by atoms with E-state index in [4.69, 9.17) is 4.74 Å². The fraction of sp³-hybridized carbons (Fsp3) is 0.333. The minimum atomic E-state index is -0.466. The third-order valence-electron chi connectivity index (χ3n) is 3.50. The van der Waals surface area contributed by atoms with E-state index in [0.717, 1.165) is 5.75 Å². The second-order valence-corrected chi connectivity index (χ2v) is 5.16. The zero-order valence-corrected chi connectivity index (χ0v) is 12.7. The second-order valence-electron chi connectivity index (χ2n) is 5.16. The molecule has 0 unspecified atom stereocenters. The van der Waals surface area contributed by atoms with Crippen LogP contribution < -0.4 is 15.4 Å². The van der Waals surface area contributed by atoms with E-state index in [-0.39, 0.29) is 18.2 Å².